The van der Waals surface area contributed by atoms with E-state index < -0.39 is 11.4 Å². The molecule has 0 fully saturated rings. The van der Waals surface area contributed by atoms with E-state index in [1.165, 1.54) is 35.5 Å². The molecule has 0 amide bonds. The van der Waals surface area contributed by atoms with Crippen molar-refractivity contribution in [2.45, 2.75) is 19.1 Å². The van der Waals surface area contributed by atoms with Crippen molar-refractivity contribution in [1.82, 2.24) is 0 Å². The van der Waals surface area contributed by atoms with Crippen LogP contribution in [0.3, 0.4) is 0 Å². The van der Waals surface area contributed by atoms with Crippen molar-refractivity contribution < 1.29 is 38.7 Å². The summed E-state index contributed by atoms with van der Waals surface area (Å²) >= 11 is 0. The summed E-state index contributed by atoms with van der Waals surface area (Å²) < 4.78 is 28.0. The van der Waals surface area contributed by atoms with Crippen molar-refractivity contribution >= 4 is 5.78 Å². The quantitative estimate of drug-likeness (QED) is 0.504. The van der Waals surface area contributed by atoms with E-state index in [-0.39, 0.29) is 17.9 Å². The lowest BCUT2D eigenvalue weighted by atomic mass is 9.66. The molecule has 1 aliphatic rings. The first kappa shape index (κ1) is 24.4. The molecule has 0 radical (unpaired) electrons. The summed E-state index contributed by atoms with van der Waals surface area (Å²) in [6.07, 6.45) is 0. The Morgan fingerprint density at radius 1 is 0.771 bits per heavy atom. The molecular weight excluding hydrogens is 452 g/mol. The third-order valence-corrected chi connectivity index (χ3v) is 6.41. The number of aryl methyl sites for hydroxylation is 1. The van der Waals surface area contributed by atoms with Gasteiger partial charge in [-0.3, -0.25) is 4.79 Å². The number of fused-ring (bicyclic) bond motifs is 1. The van der Waals surface area contributed by atoms with E-state index in [0.717, 1.165) is 5.56 Å². The summed E-state index contributed by atoms with van der Waals surface area (Å²) in [5.41, 5.74) is 1.08. The van der Waals surface area contributed by atoms with Crippen LogP contribution in [0.2, 0.25) is 0 Å². The molecule has 0 aromatic heterocycles. The molecule has 2 N–H and O–H groups in total. The first-order valence-electron chi connectivity index (χ1n) is 10.9. The molecule has 0 saturated heterocycles. The second-order valence-corrected chi connectivity index (χ2v) is 8.13. The molecule has 8 nitrogen and oxygen atoms in total. The molecule has 1 atom stereocenters. The summed E-state index contributed by atoms with van der Waals surface area (Å²) in [4.78, 5) is 13.3. The molecule has 0 spiro atoms. The lowest BCUT2D eigenvalue weighted by molar-refractivity contribution is 0.0353. The Balaban J connectivity index is 2.09. The van der Waals surface area contributed by atoms with Crippen LogP contribution in [0.15, 0.2) is 36.4 Å². The van der Waals surface area contributed by atoms with Crippen LogP contribution in [0.4, 0.5) is 0 Å². The van der Waals surface area contributed by atoms with Gasteiger partial charge in [0.25, 0.3) is 0 Å². The molecule has 0 unspecified atom stereocenters. The molecule has 0 heterocycles. The van der Waals surface area contributed by atoms with E-state index >= 15 is 0 Å². The zero-order chi connectivity index (χ0) is 25.5. The first-order valence-corrected chi connectivity index (χ1v) is 10.9. The Morgan fingerprint density at radius 2 is 1.34 bits per heavy atom. The van der Waals surface area contributed by atoms with Gasteiger partial charge in [0.15, 0.2) is 5.60 Å². The highest BCUT2D eigenvalue weighted by molar-refractivity contribution is 6.16. The van der Waals surface area contributed by atoms with E-state index in [2.05, 4.69) is 0 Å². The lowest BCUT2D eigenvalue weighted by Crippen LogP contribution is -2.47. The average molecular weight is 481 g/mol. The normalized spacial score (nSPS) is 16.3. The van der Waals surface area contributed by atoms with Crippen molar-refractivity contribution in [3.63, 3.8) is 0 Å². The van der Waals surface area contributed by atoms with Crippen molar-refractivity contribution in [3.05, 3.63) is 64.2 Å². The smallest absolute Gasteiger partial charge is 0.204 e. The van der Waals surface area contributed by atoms with E-state index in [4.69, 9.17) is 23.7 Å². The van der Waals surface area contributed by atoms with Crippen LogP contribution in [0, 0.1) is 6.92 Å². The number of hydrogen-bond donors (Lipinski definition) is 2. The highest BCUT2D eigenvalue weighted by Crippen LogP contribution is 2.56. The number of aliphatic hydroxyl groups excluding tert-OH is 1. The van der Waals surface area contributed by atoms with Crippen molar-refractivity contribution in [3.8, 4) is 39.9 Å². The van der Waals surface area contributed by atoms with E-state index in [1.54, 1.807) is 36.4 Å². The van der Waals surface area contributed by atoms with Crippen LogP contribution in [0.1, 0.15) is 32.6 Å². The fourth-order valence-corrected chi connectivity index (χ4v) is 4.84. The molecule has 4 rings (SSSR count). The van der Waals surface area contributed by atoms with Gasteiger partial charge in [-0.25, -0.2) is 0 Å². The number of carbonyl (C=O) groups is 1. The fraction of sp³-hybridized carbons (Fsp3) is 0.296. The summed E-state index contributed by atoms with van der Waals surface area (Å²) in [6, 6.07) is 10.1. The highest BCUT2D eigenvalue weighted by Gasteiger charge is 2.56. The van der Waals surface area contributed by atoms with E-state index in [0.29, 0.717) is 50.8 Å². The molecule has 0 aliphatic heterocycles. The number of rotatable bonds is 8. The van der Waals surface area contributed by atoms with Gasteiger partial charge in [-0.2, -0.15) is 0 Å². The van der Waals surface area contributed by atoms with Gasteiger partial charge in [0.05, 0.1) is 47.7 Å². The third kappa shape index (κ3) is 3.40. The zero-order valence-electron chi connectivity index (χ0n) is 20.5. The van der Waals surface area contributed by atoms with Gasteiger partial charge >= 0.3 is 0 Å². The largest absolute Gasteiger partial charge is 0.496 e. The Labute approximate surface area is 203 Å². The maximum absolute atomic E-state index is 13.3. The highest BCUT2D eigenvalue weighted by atomic mass is 16.5. The maximum Gasteiger partial charge on any atom is 0.204 e. The van der Waals surface area contributed by atoms with Gasteiger partial charge in [0, 0.05) is 27.8 Å². The fourth-order valence-electron chi connectivity index (χ4n) is 4.84. The topological polar surface area (TPSA) is 104 Å². The molecule has 184 valence electrons. The standard InChI is InChI=1S/C27H28O8/c1-14-11-15-24(21(12-14)34-5)27(30,26(15)29)17-7-8-20(33-4)23(25(17)35-6)22-16(13-28)18(31-2)9-10-19(22)32-3/h7-12,28,30H,13H2,1-6H3/t27-/m0/s1. The van der Waals surface area contributed by atoms with E-state index in [1.807, 2.05) is 6.92 Å². The summed E-state index contributed by atoms with van der Waals surface area (Å²) in [5.74, 6) is 1.36. The zero-order valence-corrected chi connectivity index (χ0v) is 20.5. The van der Waals surface area contributed by atoms with Gasteiger partial charge in [-0.1, -0.05) is 0 Å². The Kier molecular flexibility index (Phi) is 6.36. The van der Waals surface area contributed by atoms with Crippen LogP contribution in [0.25, 0.3) is 11.1 Å². The molecule has 1 aliphatic carbocycles. The number of benzene rings is 3. The van der Waals surface area contributed by atoms with Crippen LogP contribution >= 0.6 is 0 Å². The number of ketones is 1. The van der Waals surface area contributed by atoms with Gasteiger partial charge in [0.2, 0.25) is 5.78 Å². The van der Waals surface area contributed by atoms with Crippen molar-refractivity contribution in [2.24, 2.45) is 0 Å². The minimum absolute atomic E-state index is 0.190. The maximum atomic E-state index is 13.3. The molecule has 0 saturated carbocycles. The molecular formula is C27H28O8. The Hall–Kier alpha value is -3.75. The first-order chi connectivity index (χ1) is 16.8. The summed E-state index contributed by atoms with van der Waals surface area (Å²) in [7, 11) is 7.42. The van der Waals surface area contributed by atoms with Gasteiger partial charge in [-0.15, -0.1) is 0 Å². The minimum atomic E-state index is -2.01. The SMILES string of the molecule is COc1ccc(OC)c(-c2c(OC)ccc([C@@]3(O)C(=O)c4cc(C)cc(OC)c43)c2OC)c1CO. The monoisotopic (exact) mass is 480 g/mol. The molecule has 8 heteroatoms. The van der Waals surface area contributed by atoms with Crippen molar-refractivity contribution in [1.29, 1.82) is 0 Å². The van der Waals surface area contributed by atoms with Crippen molar-refractivity contribution in [2.75, 3.05) is 35.5 Å². The number of hydrogen-bond acceptors (Lipinski definition) is 8. The second-order valence-electron chi connectivity index (χ2n) is 8.13. The number of aliphatic hydroxyl groups is 2. The summed E-state index contributed by atoms with van der Waals surface area (Å²) in [5, 5.41) is 22.1. The predicted molar refractivity (Wildman–Crippen MR) is 129 cm³/mol. The second kappa shape index (κ2) is 9.13. The lowest BCUT2D eigenvalue weighted by Gasteiger charge is -2.40. The molecule has 3 aromatic carbocycles. The minimum Gasteiger partial charge on any atom is -0.496 e. The summed E-state index contributed by atoms with van der Waals surface area (Å²) in [6.45, 7) is 1.48. The predicted octanol–water partition coefficient (Wildman–Crippen LogP) is 3.63. The van der Waals surface area contributed by atoms with Crippen LogP contribution in [-0.4, -0.2) is 51.5 Å². The third-order valence-electron chi connectivity index (χ3n) is 6.41. The average Bonchev–Trinajstić information content (AvgIpc) is 2.89. The van der Waals surface area contributed by atoms with Crippen LogP contribution in [0.5, 0.6) is 28.7 Å². The van der Waals surface area contributed by atoms with Crippen LogP contribution < -0.4 is 23.7 Å². The van der Waals surface area contributed by atoms with Gasteiger partial charge in [-0.05, 0) is 48.9 Å². The molecule has 35 heavy (non-hydrogen) atoms. The van der Waals surface area contributed by atoms with E-state index in [9.17, 15) is 15.0 Å². The van der Waals surface area contributed by atoms with Crippen LogP contribution in [-0.2, 0) is 12.2 Å². The van der Waals surface area contributed by atoms with Gasteiger partial charge in [0.1, 0.15) is 28.7 Å². The Bertz CT molecular complexity index is 1310. The molecule has 0 bridgehead atoms. The van der Waals surface area contributed by atoms with Gasteiger partial charge < -0.3 is 33.9 Å². The molecule has 3 aromatic rings. The number of ether oxygens (including phenoxy) is 5. The number of Topliss-reactive ketones (excluding diaryl/α,β-unsaturated/α-hetero) is 1. The number of carbonyl (C=O) groups excluding carboxylic acids is 1. The Morgan fingerprint density at radius 3 is 1.91 bits per heavy atom. The number of methoxy groups -OCH3 is 5.